The highest BCUT2D eigenvalue weighted by atomic mass is 32.2. The molecular weight excluding hydrogens is 381 g/mol. The average molecular weight is 405 g/mol. The van der Waals surface area contributed by atoms with Crippen LogP contribution in [0.1, 0.15) is 38.8 Å². The van der Waals surface area contributed by atoms with E-state index in [1.54, 1.807) is 51.1 Å². The molecule has 5 nitrogen and oxygen atoms in total. The second-order valence-corrected chi connectivity index (χ2v) is 10.1. The Morgan fingerprint density at radius 2 is 1.68 bits per heavy atom. The lowest BCUT2D eigenvalue weighted by Crippen LogP contribution is -2.38. The van der Waals surface area contributed by atoms with Crippen molar-refractivity contribution in [1.82, 2.24) is 5.32 Å². The first-order chi connectivity index (χ1) is 13.1. The number of carbonyl (C=O) groups is 1. The largest absolute Gasteiger partial charge is 0.459 e. The molecular formula is C21H24FNO4S. The second-order valence-electron chi connectivity index (χ2n) is 7.88. The van der Waals surface area contributed by atoms with Crippen LogP contribution in [0.2, 0.25) is 0 Å². The van der Waals surface area contributed by atoms with Gasteiger partial charge in [0, 0.05) is 5.56 Å². The van der Waals surface area contributed by atoms with Gasteiger partial charge in [0.15, 0.2) is 9.84 Å². The number of sulfone groups is 1. The highest BCUT2D eigenvalue weighted by Gasteiger charge is 2.47. The number of hydrogen-bond donors (Lipinski definition) is 1. The van der Waals surface area contributed by atoms with Crippen LogP contribution in [0.5, 0.6) is 0 Å². The number of rotatable bonds is 4. The zero-order valence-corrected chi connectivity index (χ0v) is 16.9. The molecule has 1 N–H and O–H groups in total. The molecule has 1 aliphatic rings. The van der Waals surface area contributed by atoms with Crippen LogP contribution in [0.4, 0.5) is 4.39 Å². The molecule has 3 atom stereocenters. The number of nitrogens with one attached hydrogen (secondary N) is 1. The lowest BCUT2D eigenvalue weighted by Gasteiger charge is -2.22. The van der Waals surface area contributed by atoms with Crippen molar-refractivity contribution in [2.45, 2.75) is 55.0 Å². The fraction of sp³-hybridized carbons (Fsp3) is 0.381. The molecule has 2 aromatic rings. The van der Waals surface area contributed by atoms with E-state index in [1.165, 1.54) is 24.3 Å². The summed E-state index contributed by atoms with van der Waals surface area (Å²) in [5, 5.41) is 2.01. The van der Waals surface area contributed by atoms with Gasteiger partial charge in [-0.2, -0.15) is 0 Å². The van der Waals surface area contributed by atoms with Crippen LogP contribution in [0.3, 0.4) is 0 Å². The van der Waals surface area contributed by atoms with Crippen molar-refractivity contribution in [3.8, 4) is 0 Å². The highest BCUT2D eigenvalue weighted by molar-refractivity contribution is 7.92. The van der Waals surface area contributed by atoms with Crippen LogP contribution in [0.15, 0.2) is 59.5 Å². The van der Waals surface area contributed by atoms with Crippen molar-refractivity contribution < 1.29 is 22.3 Å². The van der Waals surface area contributed by atoms with E-state index in [9.17, 15) is 17.6 Å². The standard InChI is InChI=1S/C21H24FNO4S/c1-21(2,3)27-20(24)17-13-18(28(25,26)14-9-5-4-6-10-14)19(23-17)15-11-7-8-12-16(15)22/h4-12,17-19,23H,13H2,1-3H3/t17-,18?,19?/m0/s1. The molecule has 1 saturated heterocycles. The molecule has 150 valence electrons. The molecule has 2 unspecified atom stereocenters. The summed E-state index contributed by atoms with van der Waals surface area (Å²) in [6.07, 6.45) is 0.00510. The smallest absolute Gasteiger partial charge is 0.323 e. The molecule has 28 heavy (non-hydrogen) atoms. The molecule has 0 spiro atoms. The minimum atomic E-state index is -3.80. The van der Waals surface area contributed by atoms with Crippen LogP contribution in [0, 0.1) is 5.82 Å². The van der Waals surface area contributed by atoms with Crippen molar-refractivity contribution >= 4 is 15.8 Å². The maximum absolute atomic E-state index is 14.5. The Balaban J connectivity index is 2.00. The van der Waals surface area contributed by atoms with Gasteiger partial charge in [0.1, 0.15) is 17.5 Å². The van der Waals surface area contributed by atoms with Crippen molar-refractivity contribution in [2.24, 2.45) is 0 Å². The van der Waals surface area contributed by atoms with E-state index in [0.29, 0.717) is 0 Å². The van der Waals surface area contributed by atoms with Gasteiger partial charge in [0.05, 0.1) is 16.2 Å². The van der Waals surface area contributed by atoms with Gasteiger partial charge >= 0.3 is 5.97 Å². The summed E-state index contributed by atoms with van der Waals surface area (Å²) in [4.78, 5) is 12.7. The zero-order chi connectivity index (χ0) is 20.5. The van der Waals surface area contributed by atoms with Gasteiger partial charge in [-0.25, -0.2) is 12.8 Å². The number of halogens is 1. The van der Waals surface area contributed by atoms with E-state index in [2.05, 4.69) is 5.32 Å². The Hall–Kier alpha value is -2.25. The number of hydrogen-bond acceptors (Lipinski definition) is 5. The van der Waals surface area contributed by atoms with E-state index in [0.717, 1.165) is 0 Å². The first-order valence-corrected chi connectivity index (χ1v) is 10.7. The van der Waals surface area contributed by atoms with Crippen molar-refractivity contribution in [2.75, 3.05) is 0 Å². The Bertz CT molecular complexity index is 954. The maximum atomic E-state index is 14.5. The molecule has 0 aromatic heterocycles. The van der Waals surface area contributed by atoms with Crippen molar-refractivity contribution in [3.05, 3.63) is 66.0 Å². The minimum Gasteiger partial charge on any atom is -0.459 e. The SMILES string of the molecule is CC(C)(C)OC(=O)[C@@H]1CC(S(=O)(=O)c2ccccc2)C(c2ccccc2F)N1. The van der Waals surface area contributed by atoms with Gasteiger partial charge < -0.3 is 4.74 Å². The quantitative estimate of drug-likeness (QED) is 0.790. The van der Waals surface area contributed by atoms with Crippen LogP contribution >= 0.6 is 0 Å². The van der Waals surface area contributed by atoms with E-state index >= 15 is 0 Å². The summed E-state index contributed by atoms with van der Waals surface area (Å²) in [5.41, 5.74) is -0.485. The summed E-state index contributed by atoms with van der Waals surface area (Å²) >= 11 is 0. The molecule has 0 amide bonds. The van der Waals surface area contributed by atoms with Crippen molar-refractivity contribution in [3.63, 3.8) is 0 Å². The van der Waals surface area contributed by atoms with E-state index in [-0.39, 0.29) is 16.9 Å². The number of ether oxygens (including phenoxy) is 1. The van der Waals surface area contributed by atoms with Crippen LogP contribution in [-0.2, 0) is 19.4 Å². The topological polar surface area (TPSA) is 72.5 Å². The molecule has 3 rings (SSSR count). The van der Waals surface area contributed by atoms with Gasteiger partial charge in [0.25, 0.3) is 0 Å². The third kappa shape index (κ3) is 4.25. The Morgan fingerprint density at radius 1 is 1.07 bits per heavy atom. The third-order valence-electron chi connectivity index (χ3n) is 4.62. The average Bonchev–Trinajstić information content (AvgIpc) is 3.08. The summed E-state index contributed by atoms with van der Waals surface area (Å²) in [6.45, 7) is 5.23. The molecule has 0 aliphatic carbocycles. The normalized spacial score (nSPS) is 22.8. The maximum Gasteiger partial charge on any atom is 0.323 e. The second kappa shape index (κ2) is 7.64. The van der Waals surface area contributed by atoms with Crippen LogP contribution in [0.25, 0.3) is 0 Å². The summed E-state index contributed by atoms with van der Waals surface area (Å²) in [7, 11) is -3.80. The number of carbonyl (C=O) groups excluding carboxylic acids is 1. The highest BCUT2D eigenvalue weighted by Crippen LogP contribution is 2.37. The van der Waals surface area contributed by atoms with Gasteiger partial charge in [-0.15, -0.1) is 0 Å². The van der Waals surface area contributed by atoms with E-state index in [1.807, 2.05) is 0 Å². The molecule has 1 fully saturated rings. The number of benzene rings is 2. The first-order valence-electron chi connectivity index (χ1n) is 9.12. The fourth-order valence-corrected chi connectivity index (χ4v) is 5.32. The monoisotopic (exact) mass is 405 g/mol. The Kier molecular flexibility index (Phi) is 5.59. The Labute approximate surface area is 164 Å². The zero-order valence-electron chi connectivity index (χ0n) is 16.1. The summed E-state index contributed by atoms with van der Waals surface area (Å²) in [6, 6.07) is 12.3. The van der Waals surface area contributed by atoms with Gasteiger partial charge in [-0.05, 0) is 45.4 Å². The molecule has 7 heteroatoms. The van der Waals surface area contributed by atoms with E-state index < -0.39 is 44.6 Å². The van der Waals surface area contributed by atoms with Crippen LogP contribution < -0.4 is 5.32 Å². The molecule has 0 bridgehead atoms. The molecule has 0 saturated carbocycles. The fourth-order valence-electron chi connectivity index (χ4n) is 3.41. The third-order valence-corrected chi connectivity index (χ3v) is 6.81. The Morgan fingerprint density at radius 3 is 2.29 bits per heavy atom. The van der Waals surface area contributed by atoms with Gasteiger partial charge in [0.2, 0.25) is 0 Å². The summed E-state index contributed by atoms with van der Waals surface area (Å²) < 4.78 is 46.4. The first kappa shape index (κ1) is 20.5. The molecule has 1 aliphatic heterocycles. The lowest BCUT2D eigenvalue weighted by atomic mass is 10.0. The van der Waals surface area contributed by atoms with Crippen molar-refractivity contribution in [1.29, 1.82) is 0 Å². The molecule has 2 aromatic carbocycles. The predicted octanol–water partition coefficient (Wildman–Crippen LogP) is 3.41. The summed E-state index contributed by atoms with van der Waals surface area (Å²) in [5.74, 6) is -1.06. The van der Waals surface area contributed by atoms with Crippen LogP contribution in [-0.4, -0.2) is 31.3 Å². The predicted molar refractivity (Wildman–Crippen MR) is 104 cm³/mol. The number of esters is 1. The minimum absolute atomic E-state index is 0.00510. The van der Waals surface area contributed by atoms with Gasteiger partial charge in [-0.3, -0.25) is 10.1 Å². The lowest BCUT2D eigenvalue weighted by molar-refractivity contribution is -0.157. The van der Waals surface area contributed by atoms with E-state index in [4.69, 9.17) is 4.74 Å². The molecule has 0 radical (unpaired) electrons. The van der Waals surface area contributed by atoms with Gasteiger partial charge in [-0.1, -0.05) is 36.4 Å². The molecule has 1 heterocycles.